The Morgan fingerprint density at radius 3 is 2.83 bits per heavy atom. The van der Waals surface area contributed by atoms with Crippen LogP contribution in [0.3, 0.4) is 0 Å². The number of benzene rings is 1. The third-order valence-electron chi connectivity index (χ3n) is 4.39. The first-order valence-corrected chi connectivity index (χ1v) is 8.30. The summed E-state index contributed by atoms with van der Waals surface area (Å²) in [4.78, 5) is 1.52. The summed E-state index contributed by atoms with van der Waals surface area (Å²) < 4.78 is 0. The second kappa shape index (κ2) is 5.66. The molecule has 18 heavy (non-hydrogen) atoms. The number of thioether (sulfide) groups is 1. The second-order valence-corrected chi connectivity index (χ2v) is 7.02. The molecule has 1 fully saturated rings. The molecule has 2 heteroatoms. The zero-order chi connectivity index (χ0) is 12.4. The van der Waals surface area contributed by atoms with Crippen molar-refractivity contribution in [3.63, 3.8) is 0 Å². The van der Waals surface area contributed by atoms with Crippen LogP contribution >= 0.6 is 11.8 Å². The van der Waals surface area contributed by atoms with E-state index in [-0.39, 0.29) is 0 Å². The van der Waals surface area contributed by atoms with Crippen LogP contribution in [0.25, 0.3) is 0 Å². The van der Waals surface area contributed by atoms with Crippen molar-refractivity contribution in [3.8, 4) is 0 Å². The monoisotopic (exact) mass is 261 g/mol. The van der Waals surface area contributed by atoms with Gasteiger partial charge in [0.2, 0.25) is 0 Å². The molecule has 2 N–H and O–H groups in total. The van der Waals surface area contributed by atoms with Crippen LogP contribution in [0.1, 0.15) is 43.2 Å². The van der Waals surface area contributed by atoms with Crippen molar-refractivity contribution in [1.29, 1.82) is 0 Å². The van der Waals surface area contributed by atoms with E-state index in [1.807, 2.05) is 11.8 Å². The van der Waals surface area contributed by atoms with Gasteiger partial charge in [0, 0.05) is 10.9 Å². The Hall–Kier alpha value is -0.470. The predicted octanol–water partition coefficient (Wildman–Crippen LogP) is 3.78. The highest BCUT2D eigenvalue weighted by molar-refractivity contribution is 7.99. The molecule has 2 aliphatic rings. The first-order chi connectivity index (χ1) is 8.81. The van der Waals surface area contributed by atoms with Gasteiger partial charge >= 0.3 is 0 Å². The van der Waals surface area contributed by atoms with Crippen LogP contribution in [-0.4, -0.2) is 11.8 Å². The Morgan fingerprint density at radius 1 is 1.17 bits per heavy atom. The van der Waals surface area contributed by atoms with Gasteiger partial charge in [-0.25, -0.2) is 0 Å². The van der Waals surface area contributed by atoms with Crippen LogP contribution in [0.4, 0.5) is 0 Å². The molecule has 0 saturated heterocycles. The summed E-state index contributed by atoms with van der Waals surface area (Å²) >= 11 is 2.03. The maximum Gasteiger partial charge on any atom is 0.0104 e. The lowest BCUT2D eigenvalue weighted by atomic mass is 9.82. The molecule has 0 unspecified atom stereocenters. The molecule has 1 nitrogen and oxygen atoms in total. The number of fused-ring (bicyclic) bond motifs is 1. The van der Waals surface area contributed by atoms with Gasteiger partial charge in [0.25, 0.3) is 0 Å². The van der Waals surface area contributed by atoms with Crippen molar-refractivity contribution in [2.24, 2.45) is 11.7 Å². The Balaban J connectivity index is 1.66. The maximum atomic E-state index is 5.98. The van der Waals surface area contributed by atoms with E-state index < -0.39 is 0 Å². The van der Waals surface area contributed by atoms with E-state index in [0.29, 0.717) is 6.04 Å². The summed E-state index contributed by atoms with van der Waals surface area (Å²) in [6.45, 7) is 0. The number of hydrogen-bond acceptors (Lipinski definition) is 2. The molecule has 3 rings (SSSR count). The van der Waals surface area contributed by atoms with Crippen LogP contribution in [0.2, 0.25) is 0 Å². The lowest BCUT2D eigenvalue weighted by Gasteiger charge is -2.26. The molecule has 0 spiro atoms. The van der Waals surface area contributed by atoms with Crippen molar-refractivity contribution >= 4 is 11.8 Å². The van der Waals surface area contributed by atoms with Crippen molar-refractivity contribution in [3.05, 3.63) is 29.3 Å². The van der Waals surface area contributed by atoms with Crippen LogP contribution in [0.5, 0.6) is 0 Å². The maximum absolute atomic E-state index is 5.98. The Labute approximate surface area is 115 Å². The predicted molar refractivity (Wildman–Crippen MR) is 79.1 cm³/mol. The summed E-state index contributed by atoms with van der Waals surface area (Å²) in [5.41, 5.74) is 9.12. The summed E-state index contributed by atoms with van der Waals surface area (Å²) in [7, 11) is 0. The third kappa shape index (κ3) is 2.92. The normalized spacial score (nSPS) is 27.8. The van der Waals surface area contributed by atoms with Gasteiger partial charge in [-0.1, -0.05) is 12.1 Å². The van der Waals surface area contributed by atoms with Crippen molar-refractivity contribution in [1.82, 2.24) is 0 Å². The fourth-order valence-corrected chi connectivity index (χ4v) is 4.29. The Kier molecular flexibility index (Phi) is 3.95. The summed E-state index contributed by atoms with van der Waals surface area (Å²) in [5.74, 6) is 2.17. The Morgan fingerprint density at radius 2 is 2.00 bits per heavy atom. The summed E-state index contributed by atoms with van der Waals surface area (Å²) in [6, 6.07) is 7.64. The average Bonchev–Trinajstić information content (AvgIpc) is 2.41. The van der Waals surface area contributed by atoms with Crippen LogP contribution in [0, 0.1) is 5.92 Å². The first-order valence-electron chi connectivity index (χ1n) is 7.31. The van der Waals surface area contributed by atoms with Gasteiger partial charge in [0.1, 0.15) is 0 Å². The molecule has 0 atom stereocenters. The minimum Gasteiger partial charge on any atom is -0.328 e. The number of aryl methyl sites for hydroxylation is 1. The molecule has 0 amide bonds. The number of rotatable bonds is 2. The molecule has 1 aromatic rings. The topological polar surface area (TPSA) is 26.0 Å². The standard InChI is InChI=1S/C16H23NS/c17-15-6-3-12(4-7-15)10-13-5-8-16-14(11-13)2-1-9-18-16/h5,8,11-12,15H,1-4,6-7,9-10,17H2. The molecule has 0 bridgehead atoms. The SMILES string of the molecule is NC1CCC(Cc2ccc3c(c2)CCCS3)CC1. The van der Waals surface area contributed by atoms with Gasteiger partial charge < -0.3 is 5.73 Å². The van der Waals surface area contributed by atoms with E-state index in [0.717, 1.165) is 5.92 Å². The van der Waals surface area contributed by atoms with E-state index in [1.165, 1.54) is 55.6 Å². The van der Waals surface area contributed by atoms with Gasteiger partial charge in [-0.3, -0.25) is 0 Å². The van der Waals surface area contributed by atoms with E-state index in [2.05, 4.69) is 18.2 Å². The van der Waals surface area contributed by atoms with Crippen LogP contribution < -0.4 is 5.73 Å². The molecular weight excluding hydrogens is 238 g/mol. The van der Waals surface area contributed by atoms with Gasteiger partial charge in [0.15, 0.2) is 0 Å². The highest BCUT2D eigenvalue weighted by Crippen LogP contribution is 2.32. The zero-order valence-electron chi connectivity index (χ0n) is 11.0. The third-order valence-corrected chi connectivity index (χ3v) is 5.59. The van der Waals surface area contributed by atoms with Crippen LogP contribution in [-0.2, 0) is 12.8 Å². The Bertz CT molecular complexity index is 408. The highest BCUT2D eigenvalue weighted by Gasteiger charge is 2.19. The molecule has 98 valence electrons. The van der Waals surface area contributed by atoms with E-state index in [4.69, 9.17) is 5.73 Å². The quantitative estimate of drug-likeness (QED) is 0.876. The van der Waals surface area contributed by atoms with E-state index in [9.17, 15) is 0 Å². The van der Waals surface area contributed by atoms with E-state index >= 15 is 0 Å². The van der Waals surface area contributed by atoms with Gasteiger partial charge in [-0.15, -0.1) is 11.8 Å². The van der Waals surface area contributed by atoms with E-state index in [1.54, 1.807) is 11.1 Å². The zero-order valence-corrected chi connectivity index (χ0v) is 11.8. The van der Waals surface area contributed by atoms with Crippen LogP contribution in [0.15, 0.2) is 23.1 Å². The molecular formula is C16H23NS. The second-order valence-electron chi connectivity index (χ2n) is 5.88. The number of hydrogen-bond donors (Lipinski definition) is 1. The molecule has 1 heterocycles. The molecule has 0 radical (unpaired) electrons. The fourth-order valence-electron chi connectivity index (χ4n) is 3.27. The molecule has 1 aliphatic heterocycles. The summed E-state index contributed by atoms with van der Waals surface area (Å²) in [5, 5.41) is 0. The van der Waals surface area contributed by atoms with Crippen molar-refractivity contribution in [2.45, 2.75) is 55.9 Å². The molecule has 1 saturated carbocycles. The number of nitrogens with two attached hydrogens (primary N) is 1. The average molecular weight is 261 g/mol. The molecule has 1 aromatic carbocycles. The highest BCUT2D eigenvalue weighted by atomic mass is 32.2. The van der Waals surface area contributed by atoms with Gasteiger partial charge in [0.05, 0.1) is 0 Å². The smallest absolute Gasteiger partial charge is 0.0104 e. The largest absolute Gasteiger partial charge is 0.328 e. The van der Waals surface area contributed by atoms with Gasteiger partial charge in [-0.05, 0) is 73.8 Å². The van der Waals surface area contributed by atoms with Gasteiger partial charge in [-0.2, -0.15) is 0 Å². The molecule has 1 aliphatic carbocycles. The molecule has 0 aromatic heterocycles. The minimum atomic E-state index is 0.473. The minimum absolute atomic E-state index is 0.473. The van der Waals surface area contributed by atoms with Crippen molar-refractivity contribution in [2.75, 3.05) is 5.75 Å². The lowest BCUT2D eigenvalue weighted by molar-refractivity contribution is 0.325. The lowest BCUT2D eigenvalue weighted by Crippen LogP contribution is -2.27. The summed E-state index contributed by atoms with van der Waals surface area (Å²) in [6.07, 6.45) is 9.01. The first kappa shape index (κ1) is 12.6. The fraction of sp³-hybridized carbons (Fsp3) is 0.625. The van der Waals surface area contributed by atoms with Crippen molar-refractivity contribution < 1.29 is 0 Å².